The van der Waals surface area contributed by atoms with Crippen molar-refractivity contribution in [2.24, 2.45) is 0 Å². The lowest BCUT2D eigenvalue weighted by atomic mass is 10.0. The first-order valence-electron chi connectivity index (χ1n) is 4.59. The van der Waals surface area contributed by atoms with Gasteiger partial charge >= 0.3 is 8.60 Å². The first-order valence-corrected chi connectivity index (χ1v) is 5.76. The van der Waals surface area contributed by atoms with Crippen LogP contribution in [-0.2, 0) is 6.42 Å². The van der Waals surface area contributed by atoms with Crippen LogP contribution in [0.5, 0.6) is 5.75 Å². The SMILES string of the molecule is CCCc1c(C)cccc1OP(O)O. The van der Waals surface area contributed by atoms with Crippen LogP contribution in [0.25, 0.3) is 0 Å². The van der Waals surface area contributed by atoms with E-state index in [9.17, 15) is 0 Å². The van der Waals surface area contributed by atoms with Crippen LogP contribution in [0.1, 0.15) is 24.5 Å². The van der Waals surface area contributed by atoms with Gasteiger partial charge in [-0.1, -0.05) is 25.5 Å². The van der Waals surface area contributed by atoms with Gasteiger partial charge in [-0.15, -0.1) is 0 Å². The van der Waals surface area contributed by atoms with Gasteiger partial charge in [0.15, 0.2) is 0 Å². The second-order valence-corrected chi connectivity index (χ2v) is 3.83. The van der Waals surface area contributed by atoms with E-state index in [0.29, 0.717) is 5.75 Å². The Morgan fingerprint density at radius 1 is 1.36 bits per heavy atom. The van der Waals surface area contributed by atoms with Crippen LogP contribution in [0.4, 0.5) is 0 Å². The second kappa shape index (κ2) is 5.30. The van der Waals surface area contributed by atoms with Crippen LogP contribution in [0.15, 0.2) is 18.2 Å². The van der Waals surface area contributed by atoms with Crippen molar-refractivity contribution in [2.45, 2.75) is 26.7 Å². The third kappa shape index (κ3) is 2.95. The Bertz CT molecular complexity index is 299. The van der Waals surface area contributed by atoms with Gasteiger partial charge in [0.25, 0.3) is 0 Å². The van der Waals surface area contributed by atoms with Gasteiger partial charge in [0.05, 0.1) is 0 Å². The van der Waals surface area contributed by atoms with Crippen molar-refractivity contribution in [3.05, 3.63) is 29.3 Å². The molecule has 0 amide bonds. The van der Waals surface area contributed by atoms with E-state index < -0.39 is 8.60 Å². The summed E-state index contributed by atoms with van der Waals surface area (Å²) in [5.41, 5.74) is 2.19. The van der Waals surface area contributed by atoms with Crippen molar-refractivity contribution >= 4 is 8.60 Å². The summed E-state index contributed by atoms with van der Waals surface area (Å²) in [6, 6.07) is 5.61. The van der Waals surface area contributed by atoms with Gasteiger partial charge in [0.1, 0.15) is 5.75 Å². The van der Waals surface area contributed by atoms with Crippen molar-refractivity contribution in [2.75, 3.05) is 0 Å². The van der Waals surface area contributed by atoms with E-state index in [2.05, 4.69) is 6.92 Å². The summed E-state index contributed by atoms with van der Waals surface area (Å²) in [5.74, 6) is 0.586. The third-order valence-corrected chi connectivity index (χ3v) is 2.41. The maximum atomic E-state index is 8.79. The van der Waals surface area contributed by atoms with Crippen molar-refractivity contribution in [3.63, 3.8) is 0 Å². The molecule has 78 valence electrons. The smallest absolute Gasteiger partial charge is 0.391 e. The predicted octanol–water partition coefficient (Wildman–Crippen LogP) is 2.54. The fourth-order valence-corrected chi connectivity index (χ4v) is 1.77. The van der Waals surface area contributed by atoms with Crippen LogP contribution < -0.4 is 4.52 Å². The highest BCUT2D eigenvalue weighted by molar-refractivity contribution is 7.39. The van der Waals surface area contributed by atoms with Gasteiger partial charge in [0, 0.05) is 0 Å². The summed E-state index contributed by atoms with van der Waals surface area (Å²) in [4.78, 5) is 17.6. The van der Waals surface area contributed by atoms with Crippen molar-refractivity contribution < 1.29 is 14.3 Å². The Kier molecular flexibility index (Phi) is 4.33. The van der Waals surface area contributed by atoms with Crippen LogP contribution in [-0.4, -0.2) is 9.79 Å². The zero-order valence-corrected chi connectivity index (χ0v) is 9.29. The Hall–Kier alpha value is -0.630. The molecular weight excluding hydrogens is 199 g/mol. The van der Waals surface area contributed by atoms with Crippen molar-refractivity contribution in [1.29, 1.82) is 0 Å². The maximum absolute atomic E-state index is 8.79. The van der Waals surface area contributed by atoms with Crippen molar-refractivity contribution in [3.8, 4) is 5.75 Å². The van der Waals surface area contributed by atoms with E-state index in [0.717, 1.165) is 24.0 Å². The Labute approximate surface area is 85.4 Å². The van der Waals surface area contributed by atoms with Crippen LogP contribution in [0.3, 0.4) is 0 Å². The van der Waals surface area contributed by atoms with Crippen LogP contribution in [0, 0.1) is 6.92 Å². The molecule has 0 aliphatic carbocycles. The van der Waals surface area contributed by atoms with E-state index in [-0.39, 0.29) is 0 Å². The van der Waals surface area contributed by atoms with Crippen molar-refractivity contribution in [1.82, 2.24) is 0 Å². The topological polar surface area (TPSA) is 49.7 Å². The molecule has 1 aromatic carbocycles. The molecule has 0 saturated heterocycles. The van der Waals surface area contributed by atoms with E-state index in [1.165, 1.54) is 0 Å². The highest BCUT2D eigenvalue weighted by Crippen LogP contribution is 2.33. The summed E-state index contributed by atoms with van der Waals surface area (Å²) >= 11 is 0. The molecule has 14 heavy (non-hydrogen) atoms. The number of rotatable bonds is 4. The maximum Gasteiger partial charge on any atom is 0.391 e. The first kappa shape index (κ1) is 11.4. The zero-order valence-electron chi connectivity index (χ0n) is 8.40. The number of hydrogen-bond donors (Lipinski definition) is 2. The molecule has 1 rings (SSSR count). The Morgan fingerprint density at radius 2 is 2.07 bits per heavy atom. The van der Waals surface area contributed by atoms with Gasteiger partial charge in [-0.25, -0.2) is 0 Å². The molecule has 2 N–H and O–H groups in total. The molecule has 0 aliphatic heterocycles. The lowest BCUT2D eigenvalue weighted by molar-refractivity contribution is 0.373. The second-order valence-electron chi connectivity index (χ2n) is 3.15. The molecule has 1 aromatic rings. The highest BCUT2D eigenvalue weighted by atomic mass is 31.2. The number of benzene rings is 1. The lowest BCUT2D eigenvalue weighted by Gasteiger charge is -2.12. The number of aryl methyl sites for hydroxylation is 1. The summed E-state index contributed by atoms with van der Waals surface area (Å²) in [5, 5.41) is 0. The molecule has 0 aliphatic rings. The molecular formula is C10H15O3P. The van der Waals surface area contributed by atoms with E-state index in [4.69, 9.17) is 14.3 Å². The predicted molar refractivity (Wildman–Crippen MR) is 57.2 cm³/mol. The molecule has 0 fully saturated rings. The summed E-state index contributed by atoms with van der Waals surface area (Å²) in [6.07, 6.45) is 1.90. The molecule has 0 spiro atoms. The van der Waals surface area contributed by atoms with Gasteiger partial charge in [0.2, 0.25) is 0 Å². The van der Waals surface area contributed by atoms with E-state index >= 15 is 0 Å². The summed E-state index contributed by atoms with van der Waals surface area (Å²) < 4.78 is 4.95. The molecule has 0 radical (unpaired) electrons. The fraction of sp³-hybridized carbons (Fsp3) is 0.400. The Balaban J connectivity index is 2.95. The minimum Gasteiger partial charge on any atom is -0.427 e. The standard InChI is InChI=1S/C10H15O3P/c1-3-5-9-8(2)6-4-7-10(9)13-14(11)12/h4,6-7,11-12H,3,5H2,1-2H3. The molecule has 0 bridgehead atoms. The molecule has 3 nitrogen and oxygen atoms in total. The third-order valence-electron chi connectivity index (χ3n) is 2.05. The van der Waals surface area contributed by atoms with Gasteiger partial charge in [-0.3, -0.25) is 0 Å². The van der Waals surface area contributed by atoms with Gasteiger partial charge in [-0.05, 0) is 30.5 Å². The largest absolute Gasteiger partial charge is 0.427 e. The molecule has 0 unspecified atom stereocenters. The fourth-order valence-electron chi connectivity index (χ4n) is 1.42. The average Bonchev–Trinajstić information content (AvgIpc) is 2.10. The molecule has 0 heterocycles. The first-order chi connectivity index (χ1) is 6.65. The molecule has 0 saturated carbocycles. The van der Waals surface area contributed by atoms with Crippen LogP contribution in [0.2, 0.25) is 0 Å². The Morgan fingerprint density at radius 3 is 2.64 bits per heavy atom. The van der Waals surface area contributed by atoms with E-state index in [1.54, 1.807) is 6.07 Å². The molecule has 4 heteroatoms. The quantitative estimate of drug-likeness (QED) is 0.757. The van der Waals surface area contributed by atoms with Gasteiger partial charge in [-0.2, -0.15) is 0 Å². The lowest BCUT2D eigenvalue weighted by Crippen LogP contribution is -1.95. The minimum atomic E-state index is -2.32. The molecule has 0 aromatic heterocycles. The van der Waals surface area contributed by atoms with Crippen LogP contribution >= 0.6 is 8.60 Å². The summed E-state index contributed by atoms with van der Waals surface area (Å²) in [7, 11) is -2.32. The van der Waals surface area contributed by atoms with E-state index in [1.807, 2.05) is 19.1 Å². The average molecular weight is 214 g/mol. The number of hydrogen-bond acceptors (Lipinski definition) is 3. The van der Waals surface area contributed by atoms with Gasteiger partial charge < -0.3 is 14.3 Å². The monoisotopic (exact) mass is 214 g/mol. The highest BCUT2D eigenvalue weighted by Gasteiger charge is 2.09. The normalized spacial score (nSPS) is 10.6. The minimum absolute atomic E-state index is 0.586. The molecule has 0 atom stereocenters. The summed E-state index contributed by atoms with van der Waals surface area (Å²) in [6.45, 7) is 4.08. The zero-order chi connectivity index (χ0) is 10.6.